The zero-order valence-corrected chi connectivity index (χ0v) is 13.4. The third-order valence-corrected chi connectivity index (χ3v) is 3.88. The molecule has 0 fully saturated rings. The third-order valence-electron chi connectivity index (χ3n) is 3.88. The van der Waals surface area contributed by atoms with E-state index in [2.05, 4.69) is 5.32 Å². The first-order valence-electron chi connectivity index (χ1n) is 7.61. The highest BCUT2D eigenvalue weighted by molar-refractivity contribution is 6.07. The molecule has 126 valence electrons. The van der Waals surface area contributed by atoms with Gasteiger partial charge in [-0.05, 0) is 48.4 Å². The molecule has 0 aliphatic rings. The Balaban J connectivity index is 1.97. The number of hydrogen-bond acceptors (Lipinski definition) is 2. The molecule has 2 N–H and O–H groups in total. The minimum atomic E-state index is -0.740. The van der Waals surface area contributed by atoms with Crippen molar-refractivity contribution in [2.45, 2.75) is 6.92 Å². The highest BCUT2D eigenvalue weighted by atomic mass is 19.1. The molecule has 5 heteroatoms. The van der Waals surface area contributed by atoms with Crippen LogP contribution >= 0.6 is 0 Å². The SMILES string of the molecule is Cc1ccccc1NC(=O)c1cc(-c2ccc(F)cc2F)ccc1O. The zero-order chi connectivity index (χ0) is 18.0. The molecule has 25 heavy (non-hydrogen) atoms. The highest BCUT2D eigenvalue weighted by Gasteiger charge is 2.15. The van der Waals surface area contributed by atoms with Gasteiger partial charge in [0.25, 0.3) is 5.91 Å². The fraction of sp³-hybridized carbons (Fsp3) is 0.0500. The summed E-state index contributed by atoms with van der Waals surface area (Å²) in [6.45, 7) is 1.85. The number of carbonyl (C=O) groups is 1. The number of halogens is 2. The fourth-order valence-corrected chi connectivity index (χ4v) is 2.51. The van der Waals surface area contributed by atoms with E-state index in [9.17, 15) is 18.7 Å². The van der Waals surface area contributed by atoms with Crippen molar-refractivity contribution >= 4 is 11.6 Å². The van der Waals surface area contributed by atoms with Crippen LogP contribution < -0.4 is 5.32 Å². The van der Waals surface area contributed by atoms with Gasteiger partial charge in [0.05, 0.1) is 5.56 Å². The predicted molar refractivity (Wildman–Crippen MR) is 92.6 cm³/mol. The van der Waals surface area contributed by atoms with Crippen LogP contribution in [0.3, 0.4) is 0 Å². The Morgan fingerprint density at radius 3 is 2.48 bits per heavy atom. The van der Waals surface area contributed by atoms with Crippen LogP contribution in [0.5, 0.6) is 5.75 Å². The van der Waals surface area contributed by atoms with E-state index >= 15 is 0 Å². The van der Waals surface area contributed by atoms with E-state index in [0.29, 0.717) is 11.3 Å². The normalized spacial score (nSPS) is 10.5. The number of phenols is 1. The summed E-state index contributed by atoms with van der Waals surface area (Å²) < 4.78 is 27.0. The molecular weight excluding hydrogens is 324 g/mol. The van der Waals surface area contributed by atoms with Gasteiger partial charge < -0.3 is 10.4 Å². The van der Waals surface area contributed by atoms with Crippen molar-refractivity contribution in [2.24, 2.45) is 0 Å². The summed E-state index contributed by atoms with van der Waals surface area (Å²) in [6, 6.07) is 14.6. The molecule has 0 bridgehead atoms. The molecular formula is C20H15F2NO2. The molecule has 0 unspecified atom stereocenters. The number of phenolic OH excluding ortho intramolecular Hbond substituents is 1. The van der Waals surface area contributed by atoms with Crippen molar-refractivity contribution in [1.29, 1.82) is 0 Å². The van der Waals surface area contributed by atoms with Crippen LogP contribution in [-0.4, -0.2) is 11.0 Å². The van der Waals surface area contributed by atoms with Crippen molar-refractivity contribution in [2.75, 3.05) is 5.32 Å². The van der Waals surface area contributed by atoms with Gasteiger partial charge in [0.1, 0.15) is 17.4 Å². The van der Waals surface area contributed by atoms with E-state index in [1.807, 2.05) is 19.1 Å². The summed E-state index contributed by atoms with van der Waals surface area (Å²) in [6.07, 6.45) is 0. The quantitative estimate of drug-likeness (QED) is 0.713. The number of hydrogen-bond donors (Lipinski definition) is 2. The molecule has 0 spiro atoms. The second-order valence-electron chi connectivity index (χ2n) is 5.63. The monoisotopic (exact) mass is 339 g/mol. The van der Waals surface area contributed by atoms with Gasteiger partial charge in [-0.1, -0.05) is 24.3 Å². The molecule has 3 aromatic rings. The van der Waals surface area contributed by atoms with Gasteiger partial charge in [-0.3, -0.25) is 4.79 Å². The number of para-hydroxylation sites is 1. The van der Waals surface area contributed by atoms with Crippen molar-refractivity contribution in [1.82, 2.24) is 0 Å². The van der Waals surface area contributed by atoms with E-state index in [4.69, 9.17) is 0 Å². The van der Waals surface area contributed by atoms with Crippen LogP contribution in [0.25, 0.3) is 11.1 Å². The lowest BCUT2D eigenvalue weighted by Gasteiger charge is -2.11. The van der Waals surface area contributed by atoms with Gasteiger partial charge in [-0.15, -0.1) is 0 Å². The Bertz CT molecular complexity index is 954. The largest absolute Gasteiger partial charge is 0.507 e. The smallest absolute Gasteiger partial charge is 0.259 e. The van der Waals surface area contributed by atoms with E-state index in [-0.39, 0.29) is 16.9 Å². The molecule has 0 saturated carbocycles. The number of rotatable bonds is 3. The first-order valence-corrected chi connectivity index (χ1v) is 7.61. The minimum Gasteiger partial charge on any atom is -0.507 e. The number of aromatic hydroxyl groups is 1. The van der Waals surface area contributed by atoms with E-state index in [1.165, 1.54) is 24.3 Å². The molecule has 0 heterocycles. The maximum Gasteiger partial charge on any atom is 0.259 e. The number of nitrogens with one attached hydrogen (secondary N) is 1. The Morgan fingerprint density at radius 2 is 1.76 bits per heavy atom. The second kappa shape index (κ2) is 6.73. The Kier molecular flexibility index (Phi) is 4.48. The first-order chi connectivity index (χ1) is 12.0. The van der Waals surface area contributed by atoms with Crippen LogP contribution in [0.15, 0.2) is 60.7 Å². The van der Waals surface area contributed by atoms with E-state index < -0.39 is 17.5 Å². The molecule has 1 amide bonds. The van der Waals surface area contributed by atoms with Gasteiger partial charge in [0.15, 0.2) is 0 Å². The first kappa shape index (κ1) is 16.6. The van der Waals surface area contributed by atoms with Crippen molar-refractivity contribution < 1.29 is 18.7 Å². The van der Waals surface area contributed by atoms with Crippen LogP contribution in [0.1, 0.15) is 15.9 Å². The number of amides is 1. The molecule has 3 rings (SSSR count). The predicted octanol–water partition coefficient (Wildman–Crippen LogP) is 4.90. The van der Waals surface area contributed by atoms with Crippen molar-refractivity contribution in [3.05, 3.63) is 83.4 Å². The molecule has 0 radical (unpaired) electrons. The van der Waals surface area contributed by atoms with Gasteiger partial charge in [0, 0.05) is 17.3 Å². The molecule has 0 saturated heterocycles. The topological polar surface area (TPSA) is 49.3 Å². The summed E-state index contributed by atoms with van der Waals surface area (Å²) in [5.74, 6) is -2.16. The Morgan fingerprint density at radius 1 is 1.00 bits per heavy atom. The number of anilines is 1. The van der Waals surface area contributed by atoms with Gasteiger partial charge in [-0.25, -0.2) is 8.78 Å². The second-order valence-corrected chi connectivity index (χ2v) is 5.63. The van der Waals surface area contributed by atoms with E-state index in [0.717, 1.165) is 17.7 Å². The molecule has 0 aliphatic heterocycles. The summed E-state index contributed by atoms with van der Waals surface area (Å²) >= 11 is 0. The van der Waals surface area contributed by atoms with Crippen LogP contribution in [-0.2, 0) is 0 Å². The van der Waals surface area contributed by atoms with Crippen LogP contribution in [0.4, 0.5) is 14.5 Å². The van der Waals surface area contributed by atoms with E-state index in [1.54, 1.807) is 12.1 Å². The minimum absolute atomic E-state index is 0.00415. The summed E-state index contributed by atoms with van der Waals surface area (Å²) in [5.41, 5.74) is 2.00. The summed E-state index contributed by atoms with van der Waals surface area (Å²) in [4.78, 5) is 12.5. The highest BCUT2D eigenvalue weighted by Crippen LogP contribution is 2.29. The Hall–Kier alpha value is -3.21. The molecule has 3 aromatic carbocycles. The van der Waals surface area contributed by atoms with Gasteiger partial charge >= 0.3 is 0 Å². The lowest BCUT2D eigenvalue weighted by Crippen LogP contribution is -2.13. The third kappa shape index (κ3) is 3.50. The lowest BCUT2D eigenvalue weighted by atomic mass is 10.0. The van der Waals surface area contributed by atoms with Crippen LogP contribution in [0.2, 0.25) is 0 Å². The van der Waals surface area contributed by atoms with Gasteiger partial charge in [-0.2, -0.15) is 0 Å². The number of carbonyl (C=O) groups excluding carboxylic acids is 1. The average molecular weight is 339 g/mol. The molecule has 3 nitrogen and oxygen atoms in total. The fourth-order valence-electron chi connectivity index (χ4n) is 2.51. The molecule has 0 aromatic heterocycles. The lowest BCUT2D eigenvalue weighted by molar-refractivity contribution is 0.102. The summed E-state index contributed by atoms with van der Waals surface area (Å²) in [7, 11) is 0. The zero-order valence-electron chi connectivity index (χ0n) is 13.4. The molecule has 0 atom stereocenters. The van der Waals surface area contributed by atoms with Gasteiger partial charge in [0.2, 0.25) is 0 Å². The summed E-state index contributed by atoms with van der Waals surface area (Å²) in [5, 5.41) is 12.7. The average Bonchev–Trinajstić information content (AvgIpc) is 2.58. The molecule has 0 aliphatic carbocycles. The standard InChI is InChI=1S/C20H15F2NO2/c1-12-4-2-3-5-18(12)23-20(25)16-10-13(6-9-19(16)24)15-8-7-14(21)11-17(15)22/h2-11,24H,1H3,(H,23,25). The number of benzene rings is 3. The van der Waals surface area contributed by atoms with Crippen molar-refractivity contribution in [3.8, 4) is 16.9 Å². The maximum absolute atomic E-state index is 14.0. The Labute approximate surface area is 143 Å². The number of aryl methyl sites for hydroxylation is 1. The van der Waals surface area contributed by atoms with Crippen LogP contribution in [0, 0.1) is 18.6 Å². The maximum atomic E-state index is 14.0. The van der Waals surface area contributed by atoms with Crippen molar-refractivity contribution in [3.63, 3.8) is 0 Å².